The van der Waals surface area contributed by atoms with Crippen LogP contribution in [-0.4, -0.2) is 47.4 Å². The lowest BCUT2D eigenvalue weighted by Crippen LogP contribution is -2.55. The number of amides is 1. The van der Waals surface area contributed by atoms with E-state index in [4.69, 9.17) is 21.2 Å². The smallest absolute Gasteiger partial charge is 0.223 e. The average Bonchev–Trinajstić information content (AvgIpc) is 3.06. The summed E-state index contributed by atoms with van der Waals surface area (Å²) in [6, 6.07) is 5.16. The number of ether oxygens (including phenoxy) is 2. The van der Waals surface area contributed by atoms with Crippen molar-refractivity contribution in [2.24, 2.45) is 0 Å². The zero-order chi connectivity index (χ0) is 19.4. The molecule has 1 saturated heterocycles. The normalized spacial score (nSPS) is 23.6. The van der Waals surface area contributed by atoms with Crippen molar-refractivity contribution in [3.05, 3.63) is 35.2 Å². The third-order valence-electron chi connectivity index (χ3n) is 5.33. The highest BCUT2D eigenvalue weighted by Gasteiger charge is 2.49. The van der Waals surface area contributed by atoms with Gasteiger partial charge in [-0.1, -0.05) is 6.07 Å². The number of rotatable bonds is 7. The molecule has 0 unspecified atom stereocenters. The SMILES string of the molecule is [C-]#[N+]c1ccc2c(c1)[C@@H](N1CCCC1=O)[C@H](OCCCCCO)C(C)(C)O2. The lowest BCUT2D eigenvalue weighted by atomic mass is 9.85. The number of fused-ring (bicyclic) bond motifs is 1. The van der Waals surface area contributed by atoms with Crippen LogP contribution >= 0.6 is 0 Å². The third-order valence-corrected chi connectivity index (χ3v) is 5.33. The van der Waals surface area contributed by atoms with E-state index in [2.05, 4.69) is 4.85 Å². The minimum Gasteiger partial charge on any atom is -0.485 e. The number of unbranched alkanes of at least 4 members (excludes halogenated alkanes) is 2. The van der Waals surface area contributed by atoms with Gasteiger partial charge in [-0.3, -0.25) is 4.79 Å². The van der Waals surface area contributed by atoms with Gasteiger partial charge in [-0.25, -0.2) is 4.85 Å². The maximum absolute atomic E-state index is 12.6. The Kier molecular flexibility index (Phi) is 6.03. The third kappa shape index (κ3) is 4.10. The van der Waals surface area contributed by atoms with Crippen molar-refractivity contribution in [1.82, 2.24) is 4.90 Å². The largest absolute Gasteiger partial charge is 0.485 e. The molecule has 0 radical (unpaired) electrons. The number of benzene rings is 1. The van der Waals surface area contributed by atoms with E-state index in [-0.39, 0.29) is 24.7 Å². The second-order valence-corrected chi connectivity index (χ2v) is 7.75. The summed E-state index contributed by atoms with van der Waals surface area (Å²) in [6.07, 6.45) is 3.59. The molecule has 27 heavy (non-hydrogen) atoms. The van der Waals surface area contributed by atoms with Crippen molar-refractivity contribution < 1.29 is 19.4 Å². The fourth-order valence-electron chi connectivity index (χ4n) is 4.00. The monoisotopic (exact) mass is 372 g/mol. The lowest BCUT2D eigenvalue weighted by molar-refractivity contribution is -0.148. The van der Waals surface area contributed by atoms with Crippen molar-refractivity contribution in [3.63, 3.8) is 0 Å². The summed E-state index contributed by atoms with van der Waals surface area (Å²) in [6.45, 7) is 12.8. The summed E-state index contributed by atoms with van der Waals surface area (Å²) in [4.78, 5) is 18.0. The minimum absolute atomic E-state index is 0.130. The Morgan fingerprint density at radius 3 is 2.85 bits per heavy atom. The molecule has 1 amide bonds. The van der Waals surface area contributed by atoms with E-state index in [1.807, 2.05) is 30.9 Å². The molecule has 1 N–H and O–H groups in total. The second kappa shape index (κ2) is 8.28. The Labute approximate surface area is 160 Å². The van der Waals surface area contributed by atoms with Gasteiger partial charge in [-0.2, -0.15) is 0 Å². The fraction of sp³-hybridized carbons (Fsp3) is 0.619. The van der Waals surface area contributed by atoms with E-state index >= 15 is 0 Å². The molecular weight excluding hydrogens is 344 g/mol. The maximum Gasteiger partial charge on any atom is 0.223 e. The van der Waals surface area contributed by atoms with Gasteiger partial charge in [0.25, 0.3) is 0 Å². The van der Waals surface area contributed by atoms with Crippen molar-refractivity contribution in [2.45, 2.75) is 63.7 Å². The molecule has 0 bridgehead atoms. The van der Waals surface area contributed by atoms with Crippen LogP contribution in [0.4, 0.5) is 5.69 Å². The van der Waals surface area contributed by atoms with Crippen LogP contribution in [0.2, 0.25) is 0 Å². The van der Waals surface area contributed by atoms with Crippen LogP contribution in [0.15, 0.2) is 18.2 Å². The Balaban J connectivity index is 1.92. The number of aliphatic hydroxyl groups is 1. The predicted octanol–water partition coefficient (Wildman–Crippen LogP) is 3.62. The first kappa shape index (κ1) is 19.7. The Morgan fingerprint density at radius 1 is 1.37 bits per heavy atom. The molecule has 146 valence electrons. The summed E-state index contributed by atoms with van der Waals surface area (Å²) < 4.78 is 12.5. The Hall–Kier alpha value is -2.10. The van der Waals surface area contributed by atoms with E-state index in [1.165, 1.54) is 0 Å². The van der Waals surface area contributed by atoms with Crippen LogP contribution in [-0.2, 0) is 9.53 Å². The van der Waals surface area contributed by atoms with Crippen LogP contribution in [0.5, 0.6) is 5.75 Å². The molecule has 0 aromatic heterocycles. The summed E-state index contributed by atoms with van der Waals surface area (Å²) >= 11 is 0. The number of likely N-dealkylation sites (tertiary alicyclic amines) is 1. The van der Waals surface area contributed by atoms with Gasteiger partial charge in [0.15, 0.2) is 5.69 Å². The van der Waals surface area contributed by atoms with Gasteiger partial charge in [-0.05, 0) is 51.7 Å². The Morgan fingerprint density at radius 2 is 2.19 bits per heavy atom. The summed E-state index contributed by atoms with van der Waals surface area (Å²) in [5, 5.41) is 8.94. The first-order valence-corrected chi connectivity index (χ1v) is 9.70. The molecule has 0 saturated carbocycles. The van der Waals surface area contributed by atoms with Crippen LogP contribution in [0.25, 0.3) is 4.85 Å². The molecule has 2 aliphatic rings. The second-order valence-electron chi connectivity index (χ2n) is 7.75. The van der Waals surface area contributed by atoms with Crippen molar-refractivity contribution in [3.8, 4) is 5.75 Å². The number of carbonyl (C=O) groups is 1. The van der Waals surface area contributed by atoms with Gasteiger partial charge < -0.3 is 19.5 Å². The standard InChI is InChI=1S/C21H28N2O4/c1-21(2)20(26-13-6-4-5-12-24)19(23-11-7-8-18(23)25)16-14-15(22-3)9-10-17(16)27-21/h9-10,14,19-20,24H,4-8,11-13H2,1-2H3/t19-,20+/m1/s1. The zero-order valence-electron chi connectivity index (χ0n) is 16.1. The first-order chi connectivity index (χ1) is 13.0. The molecule has 2 heterocycles. The van der Waals surface area contributed by atoms with Gasteiger partial charge in [0, 0.05) is 31.7 Å². The lowest BCUT2D eigenvalue weighted by Gasteiger charge is -2.47. The quantitative estimate of drug-likeness (QED) is 0.587. The molecule has 1 aromatic carbocycles. The van der Waals surface area contributed by atoms with Gasteiger partial charge in [0.2, 0.25) is 5.91 Å². The molecular formula is C21H28N2O4. The first-order valence-electron chi connectivity index (χ1n) is 9.70. The molecule has 1 aromatic rings. The molecule has 6 heteroatoms. The van der Waals surface area contributed by atoms with Crippen LogP contribution in [0.1, 0.15) is 57.6 Å². The summed E-state index contributed by atoms with van der Waals surface area (Å²) in [5.74, 6) is 0.850. The van der Waals surface area contributed by atoms with Gasteiger partial charge >= 0.3 is 0 Å². The number of nitrogens with zero attached hydrogens (tertiary/aromatic N) is 2. The van der Waals surface area contributed by atoms with Crippen molar-refractivity contribution in [1.29, 1.82) is 0 Å². The molecule has 2 atom stereocenters. The molecule has 3 rings (SSSR count). The van der Waals surface area contributed by atoms with E-state index in [0.29, 0.717) is 25.3 Å². The van der Waals surface area contributed by atoms with Crippen molar-refractivity contribution >= 4 is 11.6 Å². The van der Waals surface area contributed by atoms with Crippen molar-refractivity contribution in [2.75, 3.05) is 19.8 Å². The topological polar surface area (TPSA) is 63.4 Å². The van der Waals surface area contributed by atoms with Crippen LogP contribution < -0.4 is 4.74 Å². The Bertz CT molecular complexity index is 725. The van der Waals surface area contributed by atoms with Gasteiger partial charge in [0.05, 0.1) is 12.6 Å². The van der Waals surface area contributed by atoms with Crippen LogP contribution in [0, 0.1) is 6.57 Å². The van der Waals surface area contributed by atoms with E-state index in [9.17, 15) is 4.79 Å². The number of carbonyl (C=O) groups excluding carboxylic acids is 1. The predicted molar refractivity (Wildman–Crippen MR) is 102 cm³/mol. The van der Waals surface area contributed by atoms with Gasteiger partial charge in [0.1, 0.15) is 17.5 Å². The highest BCUT2D eigenvalue weighted by molar-refractivity contribution is 5.79. The molecule has 0 aliphatic carbocycles. The van der Waals surface area contributed by atoms with Gasteiger partial charge in [-0.15, -0.1) is 0 Å². The molecule has 6 nitrogen and oxygen atoms in total. The number of hydrogen-bond donors (Lipinski definition) is 1. The highest BCUT2D eigenvalue weighted by Crippen LogP contribution is 2.46. The van der Waals surface area contributed by atoms with E-state index in [1.54, 1.807) is 6.07 Å². The highest BCUT2D eigenvalue weighted by atomic mass is 16.6. The number of hydrogen-bond acceptors (Lipinski definition) is 4. The zero-order valence-corrected chi connectivity index (χ0v) is 16.1. The average molecular weight is 372 g/mol. The van der Waals surface area contributed by atoms with Crippen LogP contribution in [0.3, 0.4) is 0 Å². The van der Waals surface area contributed by atoms with E-state index < -0.39 is 5.60 Å². The molecule has 1 fully saturated rings. The molecule has 0 spiro atoms. The fourth-order valence-corrected chi connectivity index (χ4v) is 4.00. The summed E-state index contributed by atoms with van der Waals surface area (Å²) in [7, 11) is 0. The molecule has 2 aliphatic heterocycles. The minimum atomic E-state index is -0.600. The van der Waals surface area contributed by atoms with E-state index in [0.717, 1.165) is 37.0 Å². The number of aliphatic hydroxyl groups excluding tert-OH is 1. The summed E-state index contributed by atoms with van der Waals surface area (Å²) in [5.41, 5.74) is 0.797. The maximum atomic E-state index is 12.6.